The number of alkyl halides is 3. The lowest BCUT2D eigenvalue weighted by molar-refractivity contribution is -0.136. The third kappa shape index (κ3) is 5.47. The fraction of sp³-hybridized carbons (Fsp3) is 0.300. The molecule has 7 nitrogen and oxygen atoms in total. The Hall–Kier alpha value is -4.09. The number of aryl methyl sites for hydroxylation is 1. The lowest BCUT2D eigenvalue weighted by atomic mass is 9.97. The Balaban J connectivity index is 1.36. The van der Waals surface area contributed by atoms with E-state index in [2.05, 4.69) is 25.5 Å². The van der Waals surface area contributed by atoms with Gasteiger partial charge in [-0.15, -0.1) is 10.2 Å². The van der Waals surface area contributed by atoms with E-state index in [0.717, 1.165) is 18.9 Å². The van der Waals surface area contributed by atoms with Crippen molar-refractivity contribution >= 4 is 11.0 Å². The van der Waals surface area contributed by atoms with Gasteiger partial charge in [-0.05, 0) is 59.9 Å². The fourth-order valence-electron chi connectivity index (χ4n) is 5.60. The molecule has 5 aromatic rings. The van der Waals surface area contributed by atoms with E-state index in [-0.39, 0.29) is 23.4 Å². The highest BCUT2D eigenvalue weighted by Gasteiger charge is 2.35. The lowest BCUT2D eigenvalue weighted by Gasteiger charge is -2.22. The maximum Gasteiger partial charge on any atom is 0.418 e. The topological polar surface area (TPSA) is 91.7 Å². The molecular formula is C30H28F4N6O. The van der Waals surface area contributed by atoms with Crippen molar-refractivity contribution < 1.29 is 22.7 Å². The molecule has 0 aliphatic heterocycles. The smallest absolute Gasteiger partial charge is 0.389 e. The van der Waals surface area contributed by atoms with Gasteiger partial charge in [0.25, 0.3) is 0 Å². The SMILES string of the molecule is Cn1cnnc1-c1cc(F)ccc1-c1cccc(-c2nc3cc(CNCC4(O)CCCC4)cc(C(F)(F)F)c3[nH]2)c1. The number of imidazole rings is 1. The molecule has 6 rings (SSSR count). The maximum absolute atomic E-state index is 14.2. The Kier molecular flexibility index (Phi) is 6.87. The molecule has 11 heteroatoms. The summed E-state index contributed by atoms with van der Waals surface area (Å²) >= 11 is 0. The van der Waals surface area contributed by atoms with Crippen molar-refractivity contribution in [2.24, 2.45) is 7.05 Å². The summed E-state index contributed by atoms with van der Waals surface area (Å²) in [6.07, 6.45) is 0.194. The minimum atomic E-state index is -4.59. The van der Waals surface area contributed by atoms with Crippen molar-refractivity contribution in [1.29, 1.82) is 0 Å². The van der Waals surface area contributed by atoms with Gasteiger partial charge in [0.15, 0.2) is 5.82 Å². The van der Waals surface area contributed by atoms with E-state index in [9.17, 15) is 22.7 Å². The molecule has 0 atom stereocenters. The molecule has 3 aromatic carbocycles. The number of H-pyrrole nitrogens is 1. The van der Waals surface area contributed by atoms with Crippen molar-refractivity contribution in [2.45, 2.75) is 44.0 Å². The summed E-state index contributed by atoms with van der Waals surface area (Å²) in [4.78, 5) is 7.42. The Labute approximate surface area is 233 Å². The summed E-state index contributed by atoms with van der Waals surface area (Å²) in [7, 11) is 1.76. The van der Waals surface area contributed by atoms with Gasteiger partial charge in [-0.25, -0.2) is 9.37 Å². The molecule has 1 aliphatic carbocycles. The summed E-state index contributed by atoms with van der Waals surface area (Å²) in [5, 5.41) is 21.7. The molecule has 0 saturated heterocycles. The number of aliphatic hydroxyl groups is 1. The van der Waals surface area contributed by atoms with Crippen molar-refractivity contribution in [3.8, 4) is 33.9 Å². The third-order valence-electron chi connectivity index (χ3n) is 7.66. The average molecular weight is 565 g/mol. The Morgan fingerprint density at radius 3 is 2.54 bits per heavy atom. The van der Waals surface area contributed by atoms with Gasteiger partial charge in [0.2, 0.25) is 0 Å². The van der Waals surface area contributed by atoms with E-state index in [0.29, 0.717) is 53.0 Å². The van der Waals surface area contributed by atoms with Gasteiger partial charge in [0.1, 0.15) is 18.0 Å². The van der Waals surface area contributed by atoms with Crippen molar-refractivity contribution in [3.05, 3.63) is 77.9 Å². The molecule has 0 spiro atoms. The normalized spacial score (nSPS) is 15.2. The van der Waals surface area contributed by atoms with Crippen LogP contribution >= 0.6 is 0 Å². The highest BCUT2D eigenvalue weighted by molar-refractivity contribution is 5.86. The Morgan fingerprint density at radius 2 is 1.80 bits per heavy atom. The van der Waals surface area contributed by atoms with Crippen LogP contribution in [0.2, 0.25) is 0 Å². The van der Waals surface area contributed by atoms with Gasteiger partial charge in [0, 0.05) is 31.3 Å². The number of hydrogen-bond acceptors (Lipinski definition) is 5. The number of aromatic amines is 1. The zero-order chi connectivity index (χ0) is 28.8. The number of halogens is 4. The summed E-state index contributed by atoms with van der Waals surface area (Å²) in [5.41, 5.74) is 1.42. The molecule has 0 bridgehead atoms. The maximum atomic E-state index is 14.2. The monoisotopic (exact) mass is 564 g/mol. The molecule has 0 radical (unpaired) electrons. The van der Waals surface area contributed by atoms with Crippen LogP contribution in [-0.4, -0.2) is 42.0 Å². The van der Waals surface area contributed by atoms with Crippen LogP contribution in [0.25, 0.3) is 44.9 Å². The molecule has 0 amide bonds. The first kappa shape index (κ1) is 27.1. The van der Waals surface area contributed by atoms with Gasteiger partial charge in [-0.3, -0.25) is 0 Å². The minimum Gasteiger partial charge on any atom is -0.389 e. The van der Waals surface area contributed by atoms with E-state index in [1.54, 1.807) is 41.9 Å². The molecule has 3 N–H and O–H groups in total. The van der Waals surface area contributed by atoms with E-state index >= 15 is 0 Å². The standard InChI is InChI=1S/C30H28F4N6O/c1-40-17-36-39-28(40)23-14-21(31)7-8-22(23)19-5-4-6-20(13-19)27-37-25-12-18(11-24(26(25)38-27)30(32,33)34)15-35-16-29(41)9-2-3-10-29/h4-8,11-14,17,35,41H,2-3,9-10,15-16H2,1H3,(H,37,38). The summed E-state index contributed by atoms with van der Waals surface area (Å²) in [6, 6.07) is 14.3. The molecule has 1 aliphatic rings. The van der Waals surface area contributed by atoms with Crippen LogP contribution in [0.3, 0.4) is 0 Å². The highest BCUT2D eigenvalue weighted by atomic mass is 19.4. The molecule has 2 heterocycles. The van der Waals surface area contributed by atoms with Crippen LogP contribution in [0.15, 0.2) is 60.9 Å². The van der Waals surface area contributed by atoms with Crippen molar-refractivity contribution in [2.75, 3.05) is 6.54 Å². The van der Waals surface area contributed by atoms with Crippen LogP contribution in [0, 0.1) is 5.82 Å². The number of hydrogen-bond donors (Lipinski definition) is 3. The number of benzene rings is 3. The Morgan fingerprint density at radius 1 is 1.02 bits per heavy atom. The molecule has 212 valence electrons. The van der Waals surface area contributed by atoms with Crippen LogP contribution in [0.1, 0.15) is 36.8 Å². The second-order valence-corrected chi connectivity index (χ2v) is 10.7. The first-order valence-electron chi connectivity index (χ1n) is 13.4. The van der Waals surface area contributed by atoms with Crippen LogP contribution in [0.5, 0.6) is 0 Å². The number of nitrogens with zero attached hydrogens (tertiary/aromatic N) is 4. The van der Waals surface area contributed by atoms with Gasteiger partial charge in [-0.2, -0.15) is 13.2 Å². The van der Waals surface area contributed by atoms with E-state index in [4.69, 9.17) is 0 Å². The fourth-order valence-corrected chi connectivity index (χ4v) is 5.60. The summed E-state index contributed by atoms with van der Waals surface area (Å²) < 4.78 is 58.2. The van der Waals surface area contributed by atoms with Crippen molar-refractivity contribution in [1.82, 2.24) is 30.0 Å². The first-order chi connectivity index (χ1) is 19.6. The highest BCUT2D eigenvalue weighted by Crippen LogP contribution is 2.38. The predicted octanol–water partition coefficient (Wildman–Crippen LogP) is 6.25. The molecule has 0 unspecified atom stereocenters. The van der Waals surface area contributed by atoms with Crippen molar-refractivity contribution in [3.63, 3.8) is 0 Å². The summed E-state index contributed by atoms with van der Waals surface area (Å²) in [6.45, 7) is 0.499. The average Bonchev–Trinajstić information content (AvgIpc) is 3.67. The number of rotatable bonds is 7. The predicted molar refractivity (Wildman–Crippen MR) is 147 cm³/mol. The van der Waals surface area contributed by atoms with Crippen LogP contribution < -0.4 is 5.32 Å². The first-order valence-corrected chi connectivity index (χ1v) is 13.4. The zero-order valence-electron chi connectivity index (χ0n) is 22.3. The Bertz CT molecular complexity index is 1720. The van der Waals surface area contributed by atoms with Gasteiger partial charge >= 0.3 is 6.18 Å². The number of nitrogens with one attached hydrogen (secondary N) is 2. The largest absolute Gasteiger partial charge is 0.418 e. The van der Waals surface area contributed by atoms with Crippen LogP contribution in [0.4, 0.5) is 17.6 Å². The van der Waals surface area contributed by atoms with Gasteiger partial charge in [0.05, 0.1) is 22.2 Å². The van der Waals surface area contributed by atoms with Gasteiger partial charge < -0.3 is 20.0 Å². The number of fused-ring (bicyclic) bond motifs is 1. The lowest BCUT2D eigenvalue weighted by Crippen LogP contribution is -2.37. The van der Waals surface area contributed by atoms with Gasteiger partial charge in [-0.1, -0.05) is 37.1 Å². The van der Waals surface area contributed by atoms with E-state index in [1.165, 1.54) is 18.5 Å². The van der Waals surface area contributed by atoms with Crippen LogP contribution in [-0.2, 0) is 19.8 Å². The molecule has 2 aromatic heterocycles. The zero-order valence-corrected chi connectivity index (χ0v) is 22.3. The van der Waals surface area contributed by atoms with E-state index < -0.39 is 23.2 Å². The summed E-state index contributed by atoms with van der Waals surface area (Å²) in [5.74, 6) is 0.326. The second kappa shape index (κ2) is 10.4. The molecular weight excluding hydrogens is 536 g/mol. The molecule has 41 heavy (non-hydrogen) atoms. The molecule has 1 saturated carbocycles. The minimum absolute atomic E-state index is 0.0994. The third-order valence-corrected chi connectivity index (χ3v) is 7.66. The number of aromatic nitrogens is 5. The van der Waals surface area contributed by atoms with E-state index in [1.807, 2.05) is 6.07 Å². The second-order valence-electron chi connectivity index (χ2n) is 10.7. The quantitative estimate of drug-likeness (QED) is 0.204. The molecule has 1 fully saturated rings.